The van der Waals surface area contributed by atoms with E-state index < -0.39 is 15.2 Å². The molecule has 0 bridgehead atoms. The summed E-state index contributed by atoms with van der Waals surface area (Å²) >= 11 is 0. The zero-order valence-electron chi connectivity index (χ0n) is 15.2. The summed E-state index contributed by atoms with van der Waals surface area (Å²) in [4.78, 5) is 22.1. The largest absolute Gasteiger partial charge is 2.00 e. The average Bonchev–Trinajstić information content (AvgIpc) is 2.59. The van der Waals surface area contributed by atoms with Crippen LogP contribution in [0.15, 0.2) is 48.5 Å². The zero-order valence-corrected chi connectivity index (χ0v) is 18.4. The summed E-state index contributed by atoms with van der Waals surface area (Å²) in [6, 6.07) is 13.3. The van der Waals surface area contributed by atoms with Gasteiger partial charge in [-0.25, -0.2) is 0 Å². The molecule has 0 heterocycles. The van der Waals surface area contributed by atoms with Crippen molar-refractivity contribution < 1.29 is 28.0 Å². The van der Waals surface area contributed by atoms with Gasteiger partial charge < -0.3 is 39.4 Å². The Morgan fingerprint density at radius 2 is 1.00 bits per heavy atom. The maximum absolute atomic E-state index is 11.0. The van der Waals surface area contributed by atoms with E-state index in [2.05, 4.69) is 9.05 Å². The minimum absolute atomic E-state index is 0. The van der Waals surface area contributed by atoms with Crippen LogP contribution in [0.3, 0.4) is 0 Å². The molecule has 0 aliphatic rings. The first-order valence-corrected chi connectivity index (χ1v) is 10.9. The molecule has 0 aliphatic heterocycles. The van der Waals surface area contributed by atoms with Crippen molar-refractivity contribution in [1.82, 2.24) is 0 Å². The first kappa shape index (κ1) is 26.1. The summed E-state index contributed by atoms with van der Waals surface area (Å²) in [5, 5.41) is 0. The molecule has 0 saturated carbocycles. The molecule has 0 amide bonds. The monoisotopic (exact) mass is 424 g/mol. The van der Waals surface area contributed by atoms with Gasteiger partial charge in [-0.15, -0.1) is 0 Å². The van der Waals surface area contributed by atoms with Crippen molar-refractivity contribution in [3.8, 4) is 0 Å². The standard InChI is InChI=1S/2C8H12NO3P.Mg/c2*1-12-13(10,11)6-7-2-4-8(9)5-3-7;/h2*2-5H,6,9H2,1H3,(H,10,11);/q;;+2/p-2. The molecule has 11 heteroatoms. The molecule has 0 saturated heterocycles. The molecule has 0 radical (unpaired) electrons. The van der Waals surface area contributed by atoms with E-state index in [0.29, 0.717) is 22.5 Å². The number of hydrogen-bond acceptors (Lipinski definition) is 8. The predicted octanol–water partition coefficient (Wildman–Crippen LogP) is 1.56. The van der Waals surface area contributed by atoms with E-state index in [9.17, 15) is 18.9 Å². The van der Waals surface area contributed by atoms with Crippen LogP contribution in [0, 0.1) is 0 Å². The first-order chi connectivity index (χ1) is 12.1. The fraction of sp³-hybridized carbons (Fsp3) is 0.250. The van der Waals surface area contributed by atoms with Gasteiger partial charge in [-0.1, -0.05) is 24.3 Å². The van der Waals surface area contributed by atoms with E-state index in [-0.39, 0.29) is 35.4 Å². The van der Waals surface area contributed by atoms with Crippen LogP contribution in [0.25, 0.3) is 0 Å². The number of benzene rings is 2. The number of rotatable bonds is 6. The zero-order chi connectivity index (χ0) is 19.8. The molecule has 4 N–H and O–H groups in total. The van der Waals surface area contributed by atoms with E-state index in [1.54, 1.807) is 48.5 Å². The quantitative estimate of drug-likeness (QED) is 0.403. The van der Waals surface area contributed by atoms with Gasteiger partial charge >= 0.3 is 23.1 Å². The normalized spacial score (nSPS) is 14.7. The molecule has 2 atom stereocenters. The number of nitrogen functional groups attached to an aromatic ring is 2. The third-order valence-electron chi connectivity index (χ3n) is 3.27. The molecule has 2 unspecified atom stereocenters. The average molecular weight is 425 g/mol. The van der Waals surface area contributed by atoms with Crippen LogP contribution in [-0.4, -0.2) is 37.3 Å². The number of nitrogens with two attached hydrogens (primary N) is 2. The Balaban J connectivity index is 0.000000483. The molecule has 27 heavy (non-hydrogen) atoms. The molecule has 2 rings (SSSR count). The third-order valence-corrected chi connectivity index (χ3v) is 5.89. The van der Waals surface area contributed by atoms with Gasteiger partial charge in [-0.05, 0) is 35.4 Å². The van der Waals surface area contributed by atoms with E-state index >= 15 is 0 Å². The van der Waals surface area contributed by atoms with Crippen LogP contribution in [-0.2, 0) is 30.5 Å². The molecular weight excluding hydrogens is 402 g/mol. The Kier molecular flexibility index (Phi) is 11.4. The van der Waals surface area contributed by atoms with Gasteiger partial charge in [-0.3, -0.25) is 0 Å². The Morgan fingerprint density at radius 3 is 1.22 bits per heavy atom. The van der Waals surface area contributed by atoms with Crippen molar-refractivity contribution in [2.45, 2.75) is 12.3 Å². The molecule has 2 aromatic carbocycles. The van der Waals surface area contributed by atoms with E-state index in [0.717, 1.165) is 14.2 Å². The third kappa shape index (κ3) is 10.9. The van der Waals surface area contributed by atoms with E-state index in [1.165, 1.54) is 0 Å². The number of anilines is 2. The summed E-state index contributed by atoms with van der Waals surface area (Å²) in [5.41, 5.74) is 13.5. The predicted molar refractivity (Wildman–Crippen MR) is 104 cm³/mol. The van der Waals surface area contributed by atoms with Gasteiger partial charge in [0.05, 0.1) is 0 Å². The maximum atomic E-state index is 11.0. The number of hydrogen-bond donors (Lipinski definition) is 2. The van der Waals surface area contributed by atoms with Crippen molar-refractivity contribution in [3.63, 3.8) is 0 Å². The van der Waals surface area contributed by atoms with Crippen molar-refractivity contribution in [1.29, 1.82) is 0 Å². The fourth-order valence-corrected chi connectivity index (χ4v) is 3.40. The summed E-state index contributed by atoms with van der Waals surface area (Å²) in [6.07, 6.45) is -0.187. The van der Waals surface area contributed by atoms with Gasteiger partial charge in [0.2, 0.25) is 0 Å². The second-order valence-electron chi connectivity index (χ2n) is 5.39. The van der Waals surface area contributed by atoms with E-state index in [1.807, 2.05) is 0 Å². The molecule has 144 valence electrons. The van der Waals surface area contributed by atoms with Crippen LogP contribution in [0.4, 0.5) is 11.4 Å². The van der Waals surface area contributed by atoms with Gasteiger partial charge in [0.1, 0.15) is 15.2 Å². The summed E-state index contributed by atoms with van der Waals surface area (Å²) in [6.45, 7) is 0. The molecular formula is C16H22MgN2O6P2. The minimum atomic E-state index is -3.70. The van der Waals surface area contributed by atoms with Crippen molar-refractivity contribution >= 4 is 49.6 Å². The van der Waals surface area contributed by atoms with Gasteiger partial charge in [-0.2, -0.15) is 0 Å². The molecule has 0 aliphatic carbocycles. The molecule has 0 aromatic heterocycles. The molecule has 8 nitrogen and oxygen atoms in total. The second kappa shape index (κ2) is 11.8. The van der Waals surface area contributed by atoms with Crippen molar-refractivity contribution in [3.05, 3.63) is 59.7 Å². The van der Waals surface area contributed by atoms with Crippen LogP contribution in [0.2, 0.25) is 0 Å². The van der Waals surface area contributed by atoms with Gasteiger partial charge in [0, 0.05) is 37.9 Å². The minimum Gasteiger partial charge on any atom is -0.778 e. The van der Waals surface area contributed by atoms with E-state index in [4.69, 9.17) is 11.5 Å². The van der Waals surface area contributed by atoms with Crippen LogP contribution in [0.5, 0.6) is 0 Å². The SMILES string of the molecule is COP(=O)([O-])Cc1ccc(N)cc1.COP(=O)([O-])Cc1ccc(N)cc1.[Mg+2]. The summed E-state index contributed by atoms with van der Waals surface area (Å²) in [5.74, 6) is 0. The second-order valence-corrected chi connectivity index (χ2v) is 9.19. The van der Waals surface area contributed by atoms with Gasteiger partial charge in [0.25, 0.3) is 0 Å². The smallest absolute Gasteiger partial charge is 0.778 e. The van der Waals surface area contributed by atoms with Crippen LogP contribution in [0.1, 0.15) is 11.1 Å². The van der Waals surface area contributed by atoms with Crippen molar-refractivity contribution in [2.75, 3.05) is 25.7 Å². The molecule has 0 fully saturated rings. The molecule has 2 aromatic rings. The topological polar surface area (TPSA) is 151 Å². The first-order valence-electron chi connectivity index (χ1n) is 7.47. The Hall–Kier alpha value is -0.894. The fourth-order valence-electron chi connectivity index (χ4n) is 1.82. The Labute approximate surface area is 175 Å². The van der Waals surface area contributed by atoms with Crippen molar-refractivity contribution in [2.24, 2.45) is 0 Å². The Bertz CT molecular complexity index is 719. The van der Waals surface area contributed by atoms with Crippen LogP contribution >= 0.6 is 15.2 Å². The summed E-state index contributed by atoms with van der Waals surface area (Å²) < 4.78 is 30.7. The van der Waals surface area contributed by atoms with Gasteiger partial charge in [0.15, 0.2) is 0 Å². The molecule has 0 spiro atoms. The summed E-state index contributed by atoms with van der Waals surface area (Å²) in [7, 11) is -5.09. The Morgan fingerprint density at radius 1 is 0.741 bits per heavy atom. The van der Waals surface area contributed by atoms with Crippen LogP contribution < -0.4 is 21.3 Å². The maximum Gasteiger partial charge on any atom is 2.00 e.